The molecule has 0 aromatic carbocycles. The molecule has 0 fully saturated rings. The van der Waals surface area contributed by atoms with E-state index >= 15 is 0 Å². The summed E-state index contributed by atoms with van der Waals surface area (Å²) in [4.78, 5) is 3.81. The van der Waals surface area contributed by atoms with Crippen molar-refractivity contribution in [2.45, 2.75) is 66.2 Å². The normalized spacial score (nSPS) is 12.6. The molecule has 0 atom stereocenters. The molecule has 0 amide bonds. The molecule has 0 spiro atoms. The minimum Gasteiger partial charge on any atom is -0.183 e. The van der Waals surface area contributed by atoms with Crippen LogP contribution in [0.25, 0.3) is 0 Å². The number of hydrogen-bond acceptors (Lipinski definition) is 2. The molecular formula is C13H24N2. The zero-order valence-electron chi connectivity index (χ0n) is 10.6. The van der Waals surface area contributed by atoms with E-state index in [-0.39, 0.29) is 0 Å². The van der Waals surface area contributed by atoms with Crippen LogP contribution in [0.1, 0.15) is 66.2 Å². The van der Waals surface area contributed by atoms with Crippen LogP contribution in [-0.4, -0.2) is 5.71 Å². The van der Waals surface area contributed by atoms with Crippen LogP contribution in [0.3, 0.4) is 0 Å². The first-order valence-electron chi connectivity index (χ1n) is 5.94. The van der Waals surface area contributed by atoms with Crippen LogP contribution < -0.4 is 0 Å². The smallest absolute Gasteiger partial charge is 0.183 e. The molecule has 0 N–H and O–H groups in total. The highest BCUT2D eigenvalue weighted by atomic mass is 14.7. The van der Waals surface area contributed by atoms with Gasteiger partial charge in [-0.1, -0.05) is 40.5 Å². The Morgan fingerprint density at radius 3 is 2.33 bits per heavy atom. The maximum Gasteiger partial charge on any atom is 0.205 e. The molecule has 0 saturated heterocycles. The molecule has 2 nitrogen and oxygen atoms in total. The van der Waals surface area contributed by atoms with Gasteiger partial charge in [-0.05, 0) is 31.1 Å². The van der Waals surface area contributed by atoms with E-state index in [4.69, 9.17) is 5.26 Å². The van der Waals surface area contributed by atoms with Crippen LogP contribution in [0, 0.1) is 16.9 Å². The van der Waals surface area contributed by atoms with Crippen molar-refractivity contribution in [3.63, 3.8) is 0 Å². The first kappa shape index (κ1) is 14.2. The van der Waals surface area contributed by atoms with E-state index in [9.17, 15) is 0 Å². The first-order valence-corrected chi connectivity index (χ1v) is 5.94. The fourth-order valence-corrected chi connectivity index (χ4v) is 1.54. The Kier molecular flexibility index (Phi) is 7.03. The molecule has 0 saturated carbocycles. The van der Waals surface area contributed by atoms with Crippen LogP contribution in [0.5, 0.6) is 0 Å². The van der Waals surface area contributed by atoms with Crippen molar-refractivity contribution in [3.05, 3.63) is 0 Å². The fourth-order valence-electron chi connectivity index (χ4n) is 1.54. The average Bonchev–Trinajstić information content (AvgIpc) is 2.14. The number of unbranched alkanes of at least 4 members (excludes halogenated alkanes) is 2. The van der Waals surface area contributed by atoms with E-state index < -0.39 is 0 Å². The molecule has 0 aliphatic carbocycles. The van der Waals surface area contributed by atoms with Gasteiger partial charge >= 0.3 is 0 Å². The third-order valence-electron chi connectivity index (χ3n) is 2.51. The van der Waals surface area contributed by atoms with Crippen LogP contribution in [-0.2, 0) is 0 Å². The largest absolute Gasteiger partial charge is 0.205 e. The Bertz CT molecular complexity index is 228. The molecule has 15 heavy (non-hydrogen) atoms. The number of rotatable bonds is 6. The molecule has 0 aliphatic rings. The summed E-state index contributed by atoms with van der Waals surface area (Å²) in [6, 6.07) is 0. The number of aliphatic imine (C=N–C) groups is 1. The molecule has 0 aromatic heterocycles. The van der Waals surface area contributed by atoms with Gasteiger partial charge in [0.15, 0.2) is 0 Å². The maximum atomic E-state index is 8.44. The second kappa shape index (κ2) is 7.45. The second-order valence-electron chi connectivity index (χ2n) is 5.25. The lowest BCUT2D eigenvalue weighted by Gasteiger charge is -2.17. The van der Waals surface area contributed by atoms with Crippen molar-refractivity contribution in [2.75, 3.05) is 0 Å². The summed E-state index contributed by atoms with van der Waals surface area (Å²) in [5.74, 6) is 0. The van der Waals surface area contributed by atoms with Crippen molar-refractivity contribution < 1.29 is 0 Å². The topological polar surface area (TPSA) is 36.1 Å². The summed E-state index contributed by atoms with van der Waals surface area (Å²) in [5, 5.41) is 8.44. The maximum absolute atomic E-state index is 8.44. The summed E-state index contributed by atoms with van der Waals surface area (Å²) < 4.78 is 0. The molecule has 0 radical (unpaired) electrons. The Hall–Kier alpha value is -0.840. The summed E-state index contributed by atoms with van der Waals surface area (Å²) >= 11 is 0. The fraction of sp³-hybridized carbons (Fsp3) is 0.846. The van der Waals surface area contributed by atoms with Crippen molar-refractivity contribution in [3.8, 4) is 6.19 Å². The van der Waals surface area contributed by atoms with Gasteiger partial charge in [-0.25, -0.2) is 0 Å². The highest BCUT2D eigenvalue weighted by Crippen LogP contribution is 2.22. The van der Waals surface area contributed by atoms with E-state index in [1.54, 1.807) is 0 Å². The van der Waals surface area contributed by atoms with Crippen LogP contribution in [0.15, 0.2) is 4.99 Å². The summed E-state index contributed by atoms with van der Waals surface area (Å²) in [6.45, 7) is 8.90. The highest BCUT2D eigenvalue weighted by molar-refractivity contribution is 5.84. The Morgan fingerprint density at radius 2 is 1.87 bits per heavy atom. The molecule has 2 heteroatoms. The van der Waals surface area contributed by atoms with Crippen LogP contribution in [0.2, 0.25) is 0 Å². The van der Waals surface area contributed by atoms with Gasteiger partial charge in [0.1, 0.15) is 0 Å². The minimum atomic E-state index is 0.453. The zero-order chi connectivity index (χ0) is 11.7. The van der Waals surface area contributed by atoms with Crippen LogP contribution >= 0.6 is 0 Å². The van der Waals surface area contributed by atoms with Crippen molar-refractivity contribution in [1.29, 1.82) is 5.26 Å². The number of hydrogen-bond donors (Lipinski definition) is 0. The number of nitriles is 1. The summed E-state index contributed by atoms with van der Waals surface area (Å²) in [6.07, 6.45) is 8.76. The van der Waals surface area contributed by atoms with E-state index in [1.165, 1.54) is 25.7 Å². The van der Waals surface area contributed by atoms with Gasteiger partial charge in [-0.15, -0.1) is 0 Å². The SMILES string of the molecule is CCC(CCCCCC(C)(C)C)=NC#N. The van der Waals surface area contributed by atoms with Crippen LogP contribution in [0.4, 0.5) is 0 Å². The third-order valence-corrected chi connectivity index (χ3v) is 2.51. The van der Waals surface area contributed by atoms with Crippen molar-refractivity contribution in [2.24, 2.45) is 10.4 Å². The average molecular weight is 208 g/mol. The van der Waals surface area contributed by atoms with Gasteiger partial charge in [0, 0.05) is 5.71 Å². The number of nitrogens with zero attached hydrogens (tertiary/aromatic N) is 2. The van der Waals surface area contributed by atoms with Gasteiger partial charge in [-0.3, -0.25) is 0 Å². The third kappa shape index (κ3) is 9.46. The summed E-state index contributed by atoms with van der Waals surface area (Å²) in [5.41, 5.74) is 1.50. The van der Waals surface area contributed by atoms with Gasteiger partial charge in [0.2, 0.25) is 6.19 Å². The lowest BCUT2D eigenvalue weighted by Crippen LogP contribution is -2.04. The standard InChI is InChI=1S/C13H24N2/c1-5-12(15-11-14)9-7-6-8-10-13(2,3)4/h5-10H2,1-4H3. The van der Waals surface area contributed by atoms with Crippen molar-refractivity contribution in [1.82, 2.24) is 0 Å². The predicted octanol–water partition coefficient (Wildman–Crippen LogP) is 4.32. The van der Waals surface area contributed by atoms with E-state index in [1.807, 2.05) is 6.19 Å². The molecule has 0 aliphatic heterocycles. The van der Waals surface area contributed by atoms with Gasteiger partial charge in [0.25, 0.3) is 0 Å². The molecule has 0 rings (SSSR count). The molecule has 0 heterocycles. The monoisotopic (exact) mass is 208 g/mol. The van der Waals surface area contributed by atoms with Crippen molar-refractivity contribution >= 4 is 5.71 Å². The first-order chi connectivity index (χ1) is 6.99. The molecule has 0 bridgehead atoms. The van der Waals surface area contributed by atoms with Gasteiger partial charge < -0.3 is 0 Å². The molecule has 0 aromatic rings. The molecular weight excluding hydrogens is 184 g/mol. The lowest BCUT2D eigenvalue weighted by molar-refractivity contribution is 0.358. The molecule has 0 unspecified atom stereocenters. The quantitative estimate of drug-likeness (QED) is 0.364. The van der Waals surface area contributed by atoms with E-state index in [0.29, 0.717) is 5.41 Å². The zero-order valence-corrected chi connectivity index (χ0v) is 10.6. The Labute approximate surface area is 94.4 Å². The second-order valence-corrected chi connectivity index (χ2v) is 5.25. The highest BCUT2D eigenvalue weighted by Gasteiger charge is 2.08. The lowest BCUT2D eigenvalue weighted by atomic mass is 9.89. The minimum absolute atomic E-state index is 0.453. The Balaban J connectivity index is 3.55. The molecule has 86 valence electrons. The Morgan fingerprint density at radius 1 is 1.20 bits per heavy atom. The van der Waals surface area contributed by atoms with Gasteiger partial charge in [-0.2, -0.15) is 10.3 Å². The van der Waals surface area contributed by atoms with Gasteiger partial charge in [0.05, 0.1) is 0 Å². The van der Waals surface area contributed by atoms with E-state index in [0.717, 1.165) is 18.6 Å². The van der Waals surface area contributed by atoms with E-state index in [2.05, 4.69) is 32.7 Å². The predicted molar refractivity (Wildman–Crippen MR) is 65.9 cm³/mol. The summed E-state index contributed by atoms with van der Waals surface area (Å²) in [7, 11) is 0.